The van der Waals surface area contributed by atoms with Crippen LogP contribution in [-0.2, 0) is 4.79 Å². The Kier molecular flexibility index (Phi) is 4.69. The molecule has 140 valence electrons. The van der Waals surface area contributed by atoms with Crippen molar-refractivity contribution in [3.05, 3.63) is 30.1 Å². The third-order valence-corrected chi connectivity index (χ3v) is 6.24. The molecule has 0 N–H and O–H groups in total. The van der Waals surface area contributed by atoms with Crippen LogP contribution in [0.3, 0.4) is 0 Å². The Labute approximate surface area is 155 Å². The summed E-state index contributed by atoms with van der Waals surface area (Å²) in [5.74, 6) is 1.15. The number of amides is 2. The summed E-state index contributed by atoms with van der Waals surface area (Å²) in [5.41, 5.74) is 0.660. The first kappa shape index (κ1) is 17.5. The molecule has 26 heavy (non-hydrogen) atoms. The molecule has 1 aromatic rings. The quantitative estimate of drug-likeness (QED) is 0.823. The van der Waals surface area contributed by atoms with Gasteiger partial charge in [-0.25, -0.2) is 0 Å². The standard InChI is InChI=1S/C20H28N4O2/c1-22(2)13-18-16-9-15(17-6-3-7-19(25)24(17)18)11-23(12-16)20(26)14-5-4-8-21-10-14/h4-5,8,10,15-18H,3,6-7,9,11-13H2,1-2H3/t15-,16+,17+,18+/m1/s1. The summed E-state index contributed by atoms with van der Waals surface area (Å²) >= 11 is 0. The molecule has 4 atom stereocenters. The van der Waals surface area contributed by atoms with E-state index in [2.05, 4.69) is 28.9 Å². The van der Waals surface area contributed by atoms with Crippen molar-refractivity contribution in [1.29, 1.82) is 0 Å². The summed E-state index contributed by atoms with van der Waals surface area (Å²) in [7, 11) is 4.13. The zero-order valence-corrected chi connectivity index (χ0v) is 15.7. The van der Waals surface area contributed by atoms with Gasteiger partial charge in [0, 0.05) is 50.5 Å². The molecular formula is C20H28N4O2. The van der Waals surface area contributed by atoms with Gasteiger partial charge in [-0.1, -0.05) is 0 Å². The molecule has 2 amide bonds. The number of nitrogens with zero attached hydrogens (tertiary/aromatic N) is 4. The molecule has 4 rings (SSSR count). The van der Waals surface area contributed by atoms with Crippen molar-refractivity contribution in [1.82, 2.24) is 19.7 Å². The monoisotopic (exact) mass is 356 g/mol. The van der Waals surface area contributed by atoms with Crippen molar-refractivity contribution in [2.45, 2.75) is 37.8 Å². The first-order valence-electron chi connectivity index (χ1n) is 9.70. The van der Waals surface area contributed by atoms with Gasteiger partial charge < -0.3 is 14.7 Å². The number of rotatable bonds is 3. The molecule has 6 heteroatoms. The maximum Gasteiger partial charge on any atom is 0.255 e. The van der Waals surface area contributed by atoms with Crippen LogP contribution < -0.4 is 0 Å². The normalized spacial score (nSPS) is 31.1. The van der Waals surface area contributed by atoms with E-state index in [4.69, 9.17) is 0 Å². The summed E-state index contributed by atoms with van der Waals surface area (Å²) in [6.45, 7) is 2.36. The zero-order valence-electron chi connectivity index (χ0n) is 15.7. The predicted octanol–water partition coefficient (Wildman–Crippen LogP) is 1.48. The molecule has 0 spiro atoms. The number of hydrogen-bond donors (Lipinski definition) is 0. The molecule has 3 saturated heterocycles. The van der Waals surface area contributed by atoms with Crippen LogP contribution in [0.1, 0.15) is 36.0 Å². The molecule has 2 bridgehead atoms. The Morgan fingerprint density at radius 2 is 2.12 bits per heavy atom. The number of fused-ring (bicyclic) bond motifs is 4. The van der Waals surface area contributed by atoms with Gasteiger partial charge in [-0.2, -0.15) is 0 Å². The molecule has 6 nitrogen and oxygen atoms in total. The fourth-order valence-electron chi connectivity index (χ4n) is 5.22. The van der Waals surface area contributed by atoms with Crippen LogP contribution >= 0.6 is 0 Å². The smallest absolute Gasteiger partial charge is 0.255 e. The number of likely N-dealkylation sites (tertiary alicyclic amines) is 1. The Bertz CT molecular complexity index is 678. The number of pyridine rings is 1. The van der Waals surface area contributed by atoms with Gasteiger partial charge in [0.25, 0.3) is 5.91 Å². The minimum atomic E-state index is 0.0759. The van der Waals surface area contributed by atoms with Crippen molar-refractivity contribution in [2.75, 3.05) is 33.7 Å². The second-order valence-corrected chi connectivity index (χ2v) is 8.30. The highest BCUT2D eigenvalue weighted by Crippen LogP contribution is 2.42. The fourth-order valence-corrected chi connectivity index (χ4v) is 5.22. The fraction of sp³-hybridized carbons (Fsp3) is 0.650. The third kappa shape index (κ3) is 3.11. The lowest BCUT2D eigenvalue weighted by Gasteiger charge is -2.57. The van der Waals surface area contributed by atoms with Gasteiger partial charge in [-0.05, 0) is 57.3 Å². The van der Waals surface area contributed by atoms with E-state index in [-0.39, 0.29) is 11.9 Å². The lowest BCUT2D eigenvalue weighted by Crippen LogP contribution is -2.67. The summed E-state index contributed by atoms with van der Waals surface area (Å²) in [4.78, 5) is 36.2. The van der Waals surface area contributed by atoms with E-state index in [1.807, 2.05) is 17.0 Å². The lowest BCUT2D eigenvalue weighted by molar-refractivity contribution is -0.152. The van der Waals surface area contributed by atoms with Crippen LogP contribution in [-0.4, -0.2) is 77.3 Å². The average molecular weight is 356 g/mol. The van der Waals surface area contributed by atoms with Gasteiger partial charge >= 0.3 is 0 Å². The number of piperidine rings is 3. The molecule has 4 heterocycles. The van der Waals surface area contributed by atoms with Gasteiger partial charge in [0.1, 0.15) is 0 Å². The number of carbonyl (C=O) groups is 2. The summed E-state index contributed by atoms with van der Waals surface area (Å²) < 4.78 is 0. The number of carbonyl (C=O) groups excluding carboxylic acids is 2. The van der Waals surface area contributed by atoms with Gasteiger partial charge in [0.2, 0.25) is 5.91 Å². The largest absolute Gasteiger partial charge is 0.338 e. The maximum absolute atomic E-state index is 13.0. The van der Waals surface area contributed by atoms with Crippen molar-refractivity contribution >= 4 is 11.8 Å². The summed E-state index contributed by atoms with van der Waals surface area (Å²) in [6.07, 6.45) is 7.21. The van der Waals surface area contributed by atoms with E-state index in [1.54, 1.807) is 12.4 Å². The number of aromatic nitrogens is 1. The van der Waals surface area contributed by atoms with Crippen LogP contribution in [0.5, 0.6) is 0 Å². The van der Waals surface area contributed by atoms with E-state index < -0.39 is 0 Å². The van der Waals surface area contributed by atoms with Crippen LogP contribution in [0.25, 0.3) is 0 Å². The molecular weight excluding hydrogens is 328 g/mol. The first-order chi connectivity index (χ1) is 12.5. The summed E-state index contributed by atoms with van der Waals surface area (Å²) in [6, 6.07) is 4.16. The molecule has 3 aliphatic rings. The highest BCUT2D eigenvalue weighted by atomic mass is 16.2. The SMILES string of the molecule is CN(C)C[C@H]1[C@H]2C[C@H](CN(C(=O)c3cccnc3)C2)[C@@H]2CCCC(=O)N21. The predicted molar refractivity (Wildman–Crippen MR) is 98.6 cm³/mol. The van der Waals surface area contributed by atoms with E-state index >= 15 is 0 Å². The third-order valence-electron chi connectivity index (χ3n) is 6.24. The minimum absolute atomic E-state index is 0.0759. The molecule has 0 saturated carbocycles. The Morgan fingerprint density at radius 3 is 2.85 bits per heavy atom. The Hall–Kier alpha value is -1.95. The van der Waals surface area contributed by atoms with E-state index in [9.17, 15) is 9.59 Å². The zero-order chi connectivity index (χ0) is 18.3. The highest BCUT2D eigenvalue weighted by molar-refractivity contribution is 5.94. The molecule has 0 unspecified atom stereocenters. The van der Waals surface area contributed by atoms with Gasteiger partial charge in [-0.3, -0.25) is 14.6 Å². The van der Waals surface area contributed by atoms with Crippen LogP contribution in [0.4, 0.5) is 0 Å². The van der Waals surface area contributed by atoms with E-state index in [0.29, 0.717) is 35.8 Å². The number of hydrogen-bond acceptors (Lipinski definition) is 4. The van der Waals surface area contributed by atoms with Crippen molar-refractivity contribution in [2.24, 2.45) is 11.8 Å². The Morgan fingerprint density at radius 1 is 1.31 bits per heavy atom. The molecule has 3 fully saturated rings. The summed E-state index contributed by atoms with van der Waals surface area (Å²) in [5, 5.41) is 0. The van der Waals surface area contributed by atoms with Crippen LogP contribution in [0.2, 0.25) is 0 Å². The van der Waals surface area contributed by atoms with Crippen LogP contribution in [0.15, 0.2) is 24.5 Å². The lowest BCUT2D eigenvalue weighted by atomic mass is 9.72. The van der Waals surface area contributed by atoms with Crippen molar-refractivity contribution in [3.8, 4) is 0 Å². The molecule has 3 aliphatic heterocycles. The number of likely N-dealkylation sites (N-methyl/N-ethyl adjacent to an activating group) is 1. The molecule has 0 radical (unpaired) electrons. The van der Waals surface area contributed by atoms with E-state index in [1.165, 1.54) is 0 Å². The van der Waals surface area contributed by atoms with Crippen molar-refractivity contribution in [3.63, 3.8) is 0 Å². The second kappa shape index (κ2) is 6.99. The van der Waals surface area contributed by atoms with Crippen LogP contribution in [0, 0.1) is 11.8 Å². The second-order valence-electron chi connectivity index (χ2n) is 8.30. The first-order valence-corrected chi connectivity index (χ1v) is 9.70. The highest BCUT2D eigenvalue weighted by Gasteiger charge is 2.50. The maximum atomic E-state index is 13.0. The van der Waals surface area contributed by atoms with Gasteiger partial charge in [0.05, 0.1) is 5.56 Å². The van der Waals surface area contributed by atoms with Gasteiger partial charge in [0.15, 0.2) is 0 Å². The average Bonchev–Trinajstić information content (AvgIpc) is 2.65. The van der Waals surface area contributed by atoms with Crippen molar-refractivity contribution < 1.29 is 9.59 Å². The molecule has 0 aliphatic carbocycles. The topological polar surface area (TPSA) is 56.8 Å². The molecule has 0 aromatic carbocycles. The Balaban J connectivity index is 1.60. The molecule has 1 aromatic heterocycles. The van der Waals surface area contributed by atoms with Gasteiger partial charge in [-0.15, -0.1) is 0 Å². The van der Waals surface area contributed by atoms with E-state index in [0.717, 1.165) is 38.9 Å². The minimum Gasteiger partial charge on any atom is -0.338 e.